The zero-order chi connectivity index (χ0) is 23.0. The monoisotopic (exact) mass is 436 g/mol. The highest BCUT2D eigenvalue weighted by Gasteiger charge is 2.16. The molecule has 1 aromatic carbocycles. The Morgan fingerprint density at radius 1 is 1.06 bits per heavy atom. The summed E-state index contributed by atoms with van der Waals surface area (Å²) in [5.74, 6) is 0.761. The van der Waals surface area contributed by atoms with Gasteiger partial charge in [0.1, 0.15) is 11.2 Å². The van der Waals surface area contributed by atoms with Crippen molar-refractivity contribution in [3.05, 3.63) is 66.1 Å². The summed E-state index contributed by atoms with van der Waals surface area (Å²) in [6.45, 7) is 7.00. The van der Waals surface area contributed by atoms with Crippen LogP contribution >= 0.6 is 0 Å². The molecule has 8 nitrogen and oxygen atoms in total. The zero-order valence-corrected chi connectivity index (χ0v) is 19.2. The van der Waals surface area contributed by atoms with E-state index in [-0.39, 0.29) is 0 Å². The number of nitrogens with one attached hydrogen (secondary N) is 3. The fourth-order valence-corrected chi connectivity index (χ4v) is 3.14. The first kappa shape index (κ1) is 23.1. The SMILES string of the molecule is CN=C(NCCc1ccc(NC(=O)OC(C)(C)C)cc1)NCCc1cn2ccccc2n1. The van der Waals surface area contributed by atoms with Gasteiger partial charge in [0.25, 0.3) is 0 Å². The summed E-state index contributed by atoms with van der Waals surface area (Å²) in [6.07, 6.45) is 5.24. The van der Waals surface area contributed by atoms with Crippen LogP contribution in [-0.2, 0) is 17.6 Å². The summed E-state index contributed by atoms with van der Waals surface area (Å²) in [4.78, 5) is 20.7. The van der Waals surface area contributed by atoms with Crippen molar-refractivity contribution in [3.8, 4) is 0 Å². The molecule has 2 heterocycles. The molecule has 0 aliphatic rings. The van der Waals surface area contributed by atoms with Gasteiger partial charge in [0.2, 0.25) is 0 Å². The van der Waals surface area contributed by atoms with Crippen molar-refractivity contribution in [2.75, 3.05) is 25.5 Å². The van der Waals surface area contributed by atoms with Crippen molar-refractivity contribution < 1.29 is 9.53 Å². The first-order valence-corrected chi connectivity index (χ1v) is 10.8. The second-order valence-corrected chi connectivity index (χ2v) is 8.45. The van der Waals surface area contributed by atoms with Crippen LogP contribution in [0.5, 0.6) is 0 Å². The maximum atomic E-state index is 11.8. The Kier molecular flexibility index (Phi) is 7.70. The van der Waals surface area contributed by atoms with Crippen molar-refractivity contribution in [1.82, 2.24) is 20.0 Å². The van der Waals surface area contributed by atoms with E-state index >= 15 is 0 Å². The third-order valence-corrected chi connectivity index (χ3v) is 4.62. The number of ether oxygens (including phenoxy) is 1. The molecule has 3 N–H and O–H groups in total. The molecular weight excluding hydrogens is 404 g/mol. The van der Waals surface area contributed by atoms with Gasteiger partial charge in [-0.25, -0.2) is 9.78 Å². The fraction of sp³-hybridized carbons (Fsp3) is 0.375. The number of guanidine groups is 1. The molecule has 3 rings (SSSR count). The Hall–Kier alpha value is -3.55. The number of pyridine rings is 1. The first-order valence-electron chi connectivity index (χ1n) is 10.8. The van der Waals surface area contributed by atoms with Gasteiger partial charge < -0.3 is 19.8 Å². The molecule has 0 saturated heterocycles. The van der Waals surface area contributed by atoms with E-state index in [2.05, 4.69) is 32.1 Å². The second-order valence-electron chi connectivity index (χ2n) is 8.45. The van der Waals surface area contributed by atoms with Gasteiger partial charge in [0, 0.05) is 44.6 Å². The maximum Gasteiger partial charge on any atom is 0.412 e. The average molecular weight is 437 g/mol. The number of amides is 1. The molecule has 0 bridgehead atoms. The van der Waals surface area contributed by atoms with Gasteiger partial charge in [-0.2, -0.15) is 0 Å². The lowest BCUT2D eigenvalue weighted by Gasteiger charge is -2.19. The fourth-order valence-electron chi connectivity index (χ4n) is 3.14. The standard InChI is InChI=1S/C24H32N6O2/c1-24(2,3)32-23(31)29-19-10-8-18(9-11-19)12-14-26-22(25-4)27-15-13-20-17-30-16-6-5-7-21(30)28-20/h5-11,16-17H,12-15H2,1-4H3,(H,29,31)(H2,25,26,27). The van der Waals surface area contributed by atoms with E-state index in [9.17, 15) is 4.79 Å². The quantitative estimate of drug-likeness (QED) is 0.389. The molecule has 0 atom stereocenters. The molecule has 0 radical (unpaired) electrons. The lowest BCUT2D eigenvalue weighted by molar-refractivity contribution is 0.0636. The molecule has 32 heavy (non-hydrogen) atoms. The highest BCUT2D eigenvalue weighted by Crippen LogP contribution is 2.13. The lowest BCUT2D eigenvalue weighted by Crippen LogP contribution is -2.39. The summed E-state index contributed by atoms with van der Waals surface area (Å²) < 4.78 is 7.29. The number of aliphatic imine (C=N–C) groups is 1. The number of carbonyl (C=O) groups excluding carboxylic acids is 1. The normalized spacial score (nSPS) is 11.9. The third kappa shape index (κ3) is 7.30. The highest BCUT2D eigenvalue weighted by atomic mass is 16.6. The molecule has 0 aliphatic carbocycles. The van der Waals surface area contributed by atoms with E-state index < -0.39 is 11.7 Å². The molecule has 0 aliphatic heterocycles. The van der Waals surface area contributed by atoms with Gasteiger partial charge in [-0.3, -0.25) is 10.3 Å². The van der Waals surface area contributed by atoms with Crippen LogP contribution in [0.4, 0.5) is 10.5 Å². The minimum atomic E-state index is -0.519. The van der Waals surface area contributed by atoms with Crippen LogP contribution in [0.2, 0.25) is 0 Å². The maximum absolute atomic E-state index is 11.8. The predicted octanol–water partition coefficient (Wildman–Crippen LogP) is 3.63. The van der Waals surface area contributed by atoms with Crippen LogP contribution in [-0.4, -0.2) is 47.2 Å². The smallest absolute Gasteiger partial charge is 0.412 e. The molecule has 2 aromatic heterocycles. The number of rotatable bonds is 7. The Balaban J connectivity index is 1.38. The van der Waals surface area contributed by atoms with Gasteiger partial charge in [0.05, 0.1) is 5.69 Å². The van der Waals surface area contributed by atoms with E-state index in [4.69, 9.17) is 4.74 Å². The Labute approximate surface area is 189 Å². The Morgan fingerprint density at radius 3 is 2.44 bits per heavy atom. The number of nitrogens with zero attached hydrogens (tertiary/aromatic N) is 3. The van der Waals surface area contributed by atoms with E-state index in [0.717, 1.165) is 48.8 Å². The Bertz CT molecular complexity index is 1020. The van der Waals surface area contributed by atoms with Crippen LogP contribution in [0.25, 0.3) is 5.65 Å². The third-order valence-electron chi connectivity index (χ3n) is 4.62. The summed E-state index contributed by atoms with van der Waals surface area (Å²) >= 11 is 0. The second kappa shape index (κ2) is 10.7. The number of benzene rings is 1. The lowest BCUT2D eigenvalue weighted by atomic mass is 10.1. The number of aromatic nitrogens is 2. The number of hydrogen-bond acceptors (Lipinski definition) is 4. The molecule has 0 unspecified atom stereocenters. The van der Waals surface area contributed by atoms with Crippen molar-refractivity contribution in [2.45, 2.75) is 39.2 Å². The average Bonchev–Trinajstić information content (AvgIpc) is 3.15. The molecule has 3 aromatic rings. The first-order chi connectivity index (χ1) is 15.3. The van der Waals surface area contributed by atoms with E-state index in [1.165, 1.54) is 0 Å². The van der Waals surface area contributed by atoms with Crippen LogP contribution in [0.1, 0.15) is 32.0 Å². The molecule has 1 amide bonds. The highest BCUT2D eigenvalue weighted by molar-refractivity contribution is 5.84. The van der Waals surface area contributed by atoms with E-state index in [0.29, 0.717) is 5.69 Å². The van der Waals surface area contributed by atoms with Crippen molar-refractivity contribution in [1.29, 1.82) is 0 Å². The van der Waals surface area contributed by atoms with Crippen molar-refractivity contribution in [3.63, 3.8) is 0 Å². The molecule has 0 spiro atoms. The number of carbonyl (C=O) groups is 1. The minimum Gasteiger partial charge on any atom is -0.444 e. The van der Waals surface area contributed by atoms with Crippen molar-refractivity contribution >= 4 is 23.4 Å². The summed E-state index contributed by atoms with van der Waals surface area (Å²) in [6, 6.07) is 13.7. The van der Waals surface area contributed by atoms with Gasteiger partial charge in [-0.15, -0.1) is 0 Å². The molecule has 8 heteroatoms. The largest absolute Gasteiger partial charge is 0.444 e. The molecule has 0 fully saturated rings. The summed E-state index contributed by atoms with van der Waals surface area (Å²) in [5.41, 5.74) is 3.35. The molecular formula is C24H32N6O2. The number of fused-ring (bicyclic) bond motifs is 1. The molecule has 0 saturated carbocycles. The van der Waals surface area contributed by atoms with E-state index in [1.54, 1.807) is 7.05 Å². The van der Waals surface area contributed by atoms with Crippen LogP contribution < -0.4 is 16.0 Å². The Morgan fingerprint density at radius 2 is 1.78 bits per heavy atom. The van der Waals surface area contributed by atoms with Crippen LogP contribution in [0.3, 0.4) is 0 Å². The van der Waals surface area contributed by atoms with Gasteiger partial charge >= 0.3 is 6.09 Å². The van der Waals surface area contributed by atoms with Crippen molar-refractivity contribution in [2.24, 2.45) is 4.99 Å². The summed E-state index contributed by atoms with van der Waals surface area (Å²) in [7, 11) is 1.76. The number of anilines is 1. The van der Waals surface area contributed by atoms with E-state index in [1.807, 2.05) is 73.8 Å². The summed E-state index contributed by atoms with van der Waals surface area (Å²) in [5, 5.41) is 9.39. The minimum absolute atomic E-state index is 0.453. The van der Waals surface area contributed by atoms with Crippen LogP contribution in [0, 0.1) is 0 Å². The van der Waals surface area contributed by atoms with Gasteiger partial charge in [-0.1, -0.05) is 18.2 Å². The topological polar surface area (TPSA) is 92.0 Å². The molecule has 170 valence electrons. The van der Waals surface area contributed by atoms with Gasteiger partial charge in [0.15, 0.2) is 5.96 Å². The van der Waals surface area contributed by atoms with Crippen LogP contribution in [0.15, 0.2) is 59.9 Å². The number of hydrogen-bond donors (Lipinski definition) is 3. The van der Waals surface area contributed by atoms with Gasteiger partial charge in [-0.05, 0) is 57.0 Å². The number of imidazole rings is 1. The zero-order valence-electron chi connectivity index (χ0n) is 19.2. The predicted molar refractivity (Wildman–Crippen MR) is 128 cm³/mol.